The van der Waals surface area contributed by atoms with Crippen molar-refractivity contribution in [3.8, 4) is 5.75 Å². The summed E-state index contributed by atoms with van der Waals surface area (Å²) in [6.07, 6.45) is 5.05. The van der Waals surface area contributed by atoms with Gasteiger partial charge in [0.25, 0.3) is 5.91 Å². The normalized spacial score (nSPS) is 11.2. The Morgan fingerprint density at radius 2 is 1.96 bits per heavy atom. The molecule has 1 N–H and O–H groups in total. The highest BCUT2D eigenvalue weighted by molar-refractivity contribution is 5.84. The van der Waals surface area contributed by atoms with E-state index in [2.05, 4.69) is 22.4 Å². The Bertz CT molecular complexity index is 945. The average Bonchev–Trinajstić information content (AvgIpc) is 3.02. The highest BCUT2D eigenvalue weighted by atomic mass is 16.5. The second-order valence-corrected chi connectivity index (χ2v) is 6.65. The second-order valence-electron chi connectivity index (χ2n) is 6.65. The Kier molecular flexibility index (Phi) is 6.78. The van der Waals surface area contributed by atoms with Gasteiger partial charge in [-0.25, -0.2) is 10.4 Å². The minimum Gasteiger partial charge on any atom is -0.494 e. The molecule has 0 aliphatic carbocycles. The third kappa shape index (κ3) is 5.19. The van der Waals surface area contributed by atoms with Crippen molar-refractivity contribution in [3.05, 3.63) is 59.9 Å². The predicted octanol–water partition coefficient (Wildman–Crippen LogP) is 4.06. The van der Waals surface area contributed by atoms with Crippen molar-refractivity contribution < 1.29 is 9.53 Å². The van der Waals surface area contributed by atoms with Gasteiger partial charge in [-0.3, -0.25) is 4.79 Å². The number of fused-ring (bicyclic) bond motifs is 1. The molecule has 3 rings (SSSR count). The predicted molar refractivity (Wildman–Crippen MR) is 112 cm³/mol. The molecule has 0 fully saturated rings. The SMILES string of the molecule is CCCCCOc1ccc(/C=N/NC(=O)Cn2c(C)nc3ccccc32)cc1. The Labute approximate surface area is 165 Å². The minimum atomic E-state index is -0.196. The van der Waals surface area contributed by atoms with Gasteiger partial charge in [0.2, 0.25) is 0 Å². The molecule has 0 aliphatic rings. The van der Waals surface area contributed by atoms with E-state index in [1.807, 2.05) is 60.0 Å². The first-order valence-corrected chi connectivity index (χ1v) is 9.64. The molecule has 0 saturated heterocycles. The molecule has 1 amide bonds. The van der Waals surface area contributed by atoms with Gasteiger partial charge in [-0.2, -0.15) is 5.10 Å². The van der Waals surface area contributed by atoms with E-state index in [4.69, 9.17) is 4.74 Å². The molecule has 6 nitrogen and oxygen atoms in total. The smallest absolute Gasteiger partial charge is 0.260 e. The van der Waals surface area contributed by atoms with Gasteiger partial charge in [0.1, 0.15) is 18.1 Å². The number of nitrogens with one attached hydrogen (secondary N) is 1. The number of benzene rings is 2. The summed E-state index contributed by atoms with van der Waals surface area (Å²) in [5, 5.41) is 4.05. The molecule has 1 heterocycles. The van der Waals surface area contributed by atoms with Crippen LogP contribution in [0.3, 0.4) is 0 Å². The maximum absolute atomic E-state index is 12.2. The Morgan fingerprint density at radius 1 is 1.18 bits per heavy atom. The van der Waals surface area contributed by atoms with Crippen LogP contribution in [0, 0.1) is 6.92 Å². The van der Waals surface area contributed by atoms with E-state index < -0.39 is 0 Å². The number of nitrogens with zero attached hydrogens (tertiary/aromatic N) is 3. The zero-order valence-corrected chi connectivity index (χ0v) is 16.4. The van der Waals surface area contributed by atoms with Gasteiger partial charge in [-0.1, -0.05) is 31.9 Å². The van der Waals surface area contributed by atoms with Crippen LogP contribution in [0.25, 0.3) is 11.0 Å². The molecule has 0 unspecified atom stereocenters. The van der Waals surface area contributed by atoms with Gasteiger partial charge in [-0.15, -0.1) is 0 Å². The van der Waals surface area contributed by atoms with Gasteiger partial charge in [0, 0.05) is 0 Å². The van der Waals surface area contributed by atoms with E-state index in [1.54, 1.807) is 6.21 Å². The first-order valence-electron chi connectivity index (χ1n) is 9.64. The van der Waals surface area contributed by atoms with Gasteiger partial charge >= 0.3 is 0 Å². The zero-order valence-electron chi connectivity index (χ0n) is 16.4. The van der Waals surface area contributed by atoms with E-state index in [-0.39, 0.29) is 12.5 Å². The lowest BCUT2D eigenvalue weighted by Crippen LogP contribution is -2.23. The number of aromatic nitrogens is 2. The number of hydrogen-bond donors (Lipinski definition) is 1. The van der Waals surface area contributed by atoms with Crippen LogP contribution >= 0.6 is 0 Å². The third-order valence-corrected chi connectivity index (χ3v) is 4.45. The van der Waals surface area contributed by atoms with Crippen LogP contribution in [0.5, 0.6) is 5.75 Å². The number of aryl methyl sites for hydroxylation is 1. The zero-order chi connectivity index (χ0) is 19.8. The van der Waals surface area contributed by atoms with Crippen LogP contribution in [0.15, 0.2) is 53.6 Å². The van der Waals surface area contributed by atoms with Crippen molar-refractivity contribution in [3.63, 3.8) is 0 Å². The Hall–Kier alpha value is -3.15. The summed E-state index contributed by atoms with van der Waals surface area (Å²) in [7, 11) is 0. The summed E-state index contributed by atoms with van der Waals surface area (Å²) >= 11 is 0. The summed E-state index contributed by atoms with van der Waals surface area (Å²) in [5.74, 6) is 1.45. The van der Waals surface area contributed by atoms with Crippen LogP contribution in [0.2, 0.25) is 0 Å². The van der Waals surface area contributed by atoms with Crippen molar-refractivity contribution in [2.45, 2.75) is 39.7 Å². The average molecular weight is 378 g/mol. The first-order chi connectivity index (χ1) is 13.7. The molecule has 0 atom stereocenters. The molecule has 28 heavy (non-hydrogen) atoms. The molecule has 3 aromatic rings. The number of rotatable bonds is 9. The lowest BCUT2D eigenvalue weighted by Gasteiger charge is -2.06. The summed E-state index contributed by atoms with van der Waals surface area (Å²) in [5.41, 5.74) is 5.29. The number of hydrazone groups is 1. The van der Waals surface area contributed by atoms with Crippen LogP contribution in [-0.4, -0.2) is 28.3 Å². The molecule has 1 aromatic heterocycles. The fourth-order valence-corrected chi connectivity index (χ4v) is 2.95. The van der Waals surface area contributed by atoms with Gasteiger partial charge in [-0.05, 0) is 55.3 Å². The van der Waals surface area contributed by atoms with E-state index in [0.717, 1.165) is 41.2 Å². The number of amides is 1. The highest BCUT2D eigenvalue weighted by Crippen LogP contribution is 2.15. The number of ether oxygens (including phenoxy) is 1. The maximum Gasteiger partial charge on any atom is 0.260 e. The largest absolute Gasteiger partial charge is 0.494 e. The van der Waals surface area contributed by atoms with Gasteiger partial charge < -0.3 is 9.30 Å². The maximum atomic E-state index is 12.2. The Balaban J connectivity index is 1.51. The second kappa shape index (κ2) is 9.69. The number of carbonyl (C=O) groups is 1. The minimum absolute atomic E-state index is 0.175. The first kappa shape index (κ1) is 19.6. The number of unbranched alkanes of at least 4 members (excludes halogenated alkanes) is 2. The molecule has 0 saturated carbocycles. The molecular formula is C22H26N4O2. The van der Waals surface area contributed by atoms with Crippen molar-refractivity contribution in [2.75, 3.05) is 6.61 Å². The summed E-state index contributed by atoms with van der Waals surface area (Å²) in [6.45, 7) is 4.97. The molecular weight excluding hydrogens is 352 g/mol. The fourth-order valence-electron chi connectivity index (χ4n) is 2.95. The molecule has 2 aromatic carbocycles. The van der Waals surface area contributed by atoms with Crippen molar-refractivity contribution in [1.29, 1.82) is 0 Å². The number of imidazole rings is 1. The lowest BCUT2D eigenvalue weighted by molar-refractivity contribution is -0.121. The van der Waals surface area contributed by atoms with Crippen LogP contribution in [-0.2, 0) is 11.3 Å². The summed E-state index contributed by atoms with van der Waals surface area (Å²) in [4.78, 5) is 16.7. The van der Waals surface area contributed by atoms with E-state index in [0.29, 0.717) is 0 Å². The van der Waals surface area contributed by atoms with E-state index in [1.165, 1.54) is 12.8 Å². The van der Waals surface area contributed by atoms with Gasteiger partial charge in [0.05, 0.1) is 23.9 Å². The lowest BCUT2D eigenvalue weighted by atomic mass is 10.2. The highest BCUT2D eigenvalue weighted by Gasteiger charge is 2.09. The van der Waals surface area contributed by atoms with E-state index >= 15 is 0 Å². The molecule has 0 aliphatic heterocycles. The number of hydrogen-bond acceptors (Lipinski definition) is 4. The molecule has 146 valence electrons. The quantitative estimate of drug-likeness (QED) is 0.347. The molecule has 6 heteroatoms. The van der Waals surface area contributed by atoms with Crippen LogP contribution in [0.4, 0.5) is 0 Å². The number of carbonyl (C=O) groups excluding carboxylic acids is 1. The topological polar surface area (TPSA) is 68.5 Å². The molecule has 0 radical (unpaired) electrons. The standard InChI is InChI=1S/C22H26N4O2/c1-3-4-7-14-28-19-12-10-18(11-13-19)15-23-25-22(27)16-26-17(2)24-20-8-5-6-9-21(20)26/h5-6,8-13,15H,3-4,7,14,16H2,1-2H3,(H,25,27)/b23-15+. The van der Waals surface area contributed by atoms with Crippen LogP contribution < -0.4 is 10.2 Å². The van der Waals surface area contributed by atoms with Gasteiger partial charge in [0.15, 0.2) is 0 Å². The monoisotopic (exact) mass is 378 g/mol. The fraction of sp³-hybridized carbons (Fsp3) is 0.318. The third-order valence-electron chi connectivity index (χ3n) is 4.45. The molecule has 0 bridgehead atoms. The Morgan fingerprint density at radius 3 is 2.75 bits per heavy atom. The summed E-state index contributed by atoms with van der Waals surface area (Å²) in [6, 6.07) is 15.4. The van der Waals surface area contributed by atoms with Crippen molar-refractivity contribution in [2.24, 2.45) is 5.10 Å². The van der Waals surface area contributed by atoms with Crippen LogP contribution in [0.1, 0.15) is 37.6 Å². The number of para-hydroxylation sites is 2. The molecule has 0 spiro atoms. The van der Waals surface area contributed by atoms with Crippen molar-refractivity contribution >= 4 is 23.2 Å². The van der Waals surface area contributed by atoms with Crippen molar-refractivity contribution in [1.82, 2.24) is 15.0 Å². The van der Waals surface area contributed by atoms with E-state index in [9.17, 15) is 4.79 Å². The summed E-state index contributed by atoms with van der Waals surface area (Å²) < 4.78 is 7.57.